The van der Waals surface area contributed by atoms with E-state index in [1.807, 2.05) is 0 Å². The van der Waals surface area contributed by atoms with Gasteiger partial charge in [-0.3, -0.25) is 9.79 Å². The molecule has 2 aliphatic rings. The number of carbonyl (C=O) groups excluding carboxylic acids is 1. The zero-order valence-corrected chi connectivity index (χ0v) is 17.8. The second kappa shape index (κ2) is 10.4. The summed E-state index contributed by atoms with van der Waals surface area (Å²) in [6, 6.07) is 0.538. The second-order valence-corrected chi connectivity index (χ2v) is 6.85. The van der Waals surface area contributed by atoms with Gasteiger partial charge in [-0.1, -0.05) is 0 Å². The molecule has 6 nitrogen and oxygen atoms in total. The number of aliphatic imine (C=N–C) groups is 1. The fourth-order valence-electron chi connectivity index (χ4n) is 3.31. The number of carbonyl (C=O) groups is 1. The first-order valence-corrected chi connectivity index (χ1v) is 8.84. The average molecular weight is 452 g/mol. The summed E-state index contributed by atoms with van der Waals surface area (Å²) in [5.74, 6) is 1.76. The Morgan fingerprint density at radius 2 is 1.92 bits per heavy atom. The fourth-order valence-corrected chi connectivity index (χ4v) is 3.31. The maximum atomic E-state index is 11.6. The van der Waals surface area contributed by atoms with Gasteiger partial charge in [-0.15, -0.1) is 24.0 Å². The normalized spacial score (nSPS) is 20.5. The number of rotatable bonds is 6. The Kier molecular flexibility index (Phi) is 9.33. The van der Waals surface area contributed by atoms with Crippen LogP contribution in [0, 0.1) is 11.8 Å². The highest BCUT2D eigenvalue weighted by molar-refractivity contribution is 14.0. The quantitative estimate of drug-likeness (QED) is 0.288. The summed E-state index contributed by atoms with van der Waals surface area (Å²) in [6.07, 6.45) is 4.35. The van der Waals surface area contributed by atoms with Crippen molar-refractivity contribution in [2.45, 2.75) is 38.6 Å². The van der Waals surface area contributed by atoms with Crippen LogP contribution in [0.2, 0.25) is 0 Å². The van der Waals surface area contributed by atoms with E-state index in [-0.39, 0.29) is 35.9 Å². The molecule has 1 aliphatic heterocycles. The van der Waals surface area contributed by atoms with Crippen molar-refractivity contribution in [3.63, 3.8) is 0 Å². The third-order valence-corrected chi connectivity index (χ3v) is 4.92. The van der Waals surface area contributed by atoms with Gasteiger partial charge in [0.1, 0.15) is 0 Å². The zero-order valence-electron chi connectivity index (χ0n) is 15.5. The molecule has 1 atom stereocenters. The lowest BCUT2D eigenvalue weighted by Gasteiger charge is -2.33. The van der Waals surface area contributed by atoms with Crippen LogP contribution in [0.3, 0.4) is 0 Å². The molecule has 0 aromatic heterocycles. The number of methoxy groups -OCH3 is 1. The number of ether oxygens (including phenoxy) is 1. The van der Waals surface area contributed by atoms with Gasteiger partial charge < -0.3 is 19.9 Å². The lowest BCUT2D eigenvalue weighted by Crippen LogP contribution is -2.47. The van der Waals surface area contributed by atoms with Gasteiger partial charge in [0.25, 0.3) is 0 Å². The van der Waals surface area contributed by atoms with E-state index >= 15 is 0 Å². The molecule has 0 aromatic rings. The van der Waals surface area contributed by atoms with E-state index in [9.17, 15) is 4.79 Å². The van der Waals surface area contributed by atoms with E-state index in [0.717, 1.165) is 50.9 Å². The number of piperidine rings is 1. The van der Waals surface area contributed by atoms with Crippen LogP contribution in [-0.2, 0) is 9.53 Å². The SMILES string of the molecule is CCNC(=NCC(C1CC1)N(C)C)N1CCC(C(=O)OC)CC1.I. The van der Waals surface area contributed by atoms with Crippen molar-refractivity contribution in [2.24, 2.45) is 16.8 Å². The van der Waals surface area contributed by atoms with Crippen LogP contribution in [0.4, 0.5) is 0 Å². The van der Waals surface area contributed by atoms with Gasteiger partial charge in [-0.2, -0.15) is 0 Å². The van der Waals surface area contributed by atoms with E-state index in [2.05, 4.69) is 36.1 Å². The Morgan fingerprint density at radius 1 is 1.29 bits per heavy atom. The van der Waals surface area contributed by atoms with Gasteiger partial charge >= 0.3 is 5.97 Å². The van der Waals surface area contributed by atoms with Crippen molar-refractivity contribution < 1.29 is 9.53 Å². The van der Waals surface area contributed by atoms with Gasteiger partial charge in [-0.05, 0) is 52.6 Å². The van der Waals surface area contributed by atoms with Gasteiger partial charge in [-0.25, -0.2) is 0 Å². The molecule has 2 rings (SSSR count). The van der Waals surface area contributed by atoms with E-state index in [0.29, 0.717) is 6.04 Å². The number of nitrogens with zero attached hydrogens (tertiary/aromatic N) is 3. The fraction of sp³-hybridized carbons (Fsp3) is 0.882. The molecular weight excluding hydrogens is 419 g/mol. The summed E-state index contributed by atoms with van der Waals surface area (Å²) in [5, 5.41) is 3.41. The molecule has 24 heavy (non-hydrogen) atoms. The van der Waals surface area contributed by atoms with Crippen LogP contribution >= 0.6 is 24.0 Å². The average Bonchev–Trinajstić information content (AvgIpc) is 3.38. The summed E-state index contributed by atoms with van der Waals surface area (Å²) < 4.78 is 4.86. The third kappa shape index (κ3) is 6.06. The van der Waals surface area contributed by atoms with Crippen LogP contribution in [0.25, 0.3) is 0 Å². The summed E-state index contributed by atoms with van der Waals surface area (Å²) in [4.78, 5) is 21.1. The Balaban J connectivity index is 0.00000288. The number of likely N-dealkylation sites (tertiary alicyclic amines) is 1. The molecule has 0 amide bonds. The monoisotopic (exact) mass is 452 g/mol. The molecule has 2 fully saturated rings. The Morgan fingerprint density at radius 3 is 2.38 bits per heavy atom. The number of nitrogens with one attached hydrogen (secondary N) is 1. The van der Waals surface area contributed by atoms with Crippen LogP contribution in [0.1, 0.15) is 32.6 Å². The highest BCUT2D eigenvalue weighted by Gasteiger charge is 2.33. The molecule has 0 aromatic carbocycles. The minimum absolute atomic E-state index is 0. The van der Waals surface area contributed by atoms with Gasteiger partial charge in [0.05, 0.1) is 19.6 Å². The Labute approximate surface area is 163 Å². The predicted molar refractivity (Wildman–Crippen MR) is 108 cm³/mol. The number of halogens is 1. The van der Waals surface area contributed by atoms with E-state index in [1.165, 1.54) is 20.0 Å². The summed E-state index contributed by atoms with van der Waals surface area (Å²) in [5.41, 5.74) is 0. The lowest BCUT2D eigenvalue weighted by atomic mass is 9.97. The van der Waals surface area contributed by atoms with Crippen LogP contribution in [0.5, 0.6) is 0 Å². The number of esters is 1. The van der Waals surface area contributed by atoms with Gasteiger partial charge in [0.2, 0.25) is 0 Å². The highest BCUT2D eigenvalue weighted by Crippen LogP contribution is 2.34. The Bertz CT molecular complexity index is 417. The summed E-state index contributed by atoms with van der Waals surface area (Å²) >= 11 is 0. The smallest absolute Gasteiger partial charge is 0.308 e. The number of hydrogen-bond donors (Lipinski definition) is 1. The second-order valence-electron chi connectivity index (χ2n) is 6.85. The topological polar surface area (TPSA) is 57.2 Å². The van der Waals surface area contributed by atoms with Crippen molar-refractivity contribution in [3.8, 4) is 0 Å². The third-order valence-electron chi connectivity index (χ3n) is 4.92. The predicted octanol–water partition coefficient (Wildman–Crippen LogP) is 1.80. The minimum atomic E-state index is -0.0759. The first kappa shape index (κ1) is 21.5. The first-order valence-electron chi connectivity index (χ1n) is 8.84. The zero-order chi connectivity index (χ0) is 16.8. The molecular formula is C17H33IN4O2. The molecule has 1 heterocycles. The van der Waals surface area contributed by atoms with Crippen molar-refractivity contribution in [2.75, 3.05) is 47.4 Å². The van der Waals surface area contributed by atoms with Crippen LogP contribution in [0.15, 0.2) is 4.99 Å². The summed E-state index contributed by atoms with van der Waals surface area (Å²) in [6.45, 7) is 5.53. The molecule has 140 valence electrons. The standard InChI is InChI=1S/C17H32N4O2.HI/c1-5-18-17(19-12-15(20(2)3)13-6-7-13)21-10-8-14(9-11-21)16(22)23-4;/h13-15H,5-12H2,1-4H3,(H,18,19);1H. The van der Waals surface area contributed by atoms with Crippen molar-refractivity contribution >= 4 is 35.9 Å². The van der Waals surface area contributed by atoms with Crippen molar-refractivity contribution in [3.05, 3.63) is 0 Å². The Hall–Kier alpha value is -0.570. The molecule has 1 N–H and O–H groups in total. The highest BCUT2D eigenvalue weighted by atomic mass is 127. The number of hydrogen-bond acceptors (Lipinski definition) is 4. The van der Waals surface area contributed by atoms with Gasteiger partial charge in [0, 0.05) is 25.7 Å². The molecule has 0 spiro atoms. The molecule has 7 heteroatoms. The van der Waals surface area contributed by atoms with E-state index in [1.54, 1.807) is 0 Å². The maximum absolute atomic E-state index is 11.6. The first-order chi connectivity index (χ1) is 11.1. The summed E-state index contributed by atoms with van der Waals surface area (Å²) in [7, 11) is 5.76. The number of guanidine groups is 1. The lowest BCUT2D eigenvalue weighted by molar-refractivity contribution is -0.146. The van der Waals surface area contributed by atoms with E-state index < -0.39 is 0 Å². The van der Waals surface area contributed by atoms with Crippen LogP contribution in [-0.4, -0.2) is 75.2 Å². The molecule has 1 saturated heterocycles. The maximum Gasteiger partial charge on any atom is 0.308 e. The largest absolute Gasteiger partial charge is 0.469 e. The number of likely N-dealkylation sites (N-methyl/N-ethyl adjacent to an activating group) is 1. The molecule has 1 unspecified atom stereocenters. The minimum Gasteiger partial charge on any atom is -0.469 e. The molecule has 0 bridgehead atoms. The molecule has 1 aliphatic carbocycles. The van der Waals surface area contributed by atoms with Gasteiger partial charge in [0.15, 0.2) is 5.96 Å². The molecule has 0 radical (unpaired) electrons. The molecule has 1 saturated carbocycles. The van der Waals surface area contributed by atoms with Crippen molar-refractivity contribution in [1.29, 1.82) is 0 Å². The van der Waals surface area contributed by atoms with Crippen molar-refractivity contribution in [1.82, 2.24) is 15.1 Å². The van der Waals surface area contributed by atoms with Crippen LogP contribution < -0.4 is 5.32 Å². The van der Waals surface area contributed by atoms with E-state index in [4.69, 9.17) is 9.73 Å².